The molecule has 3 atom stereocenters. The summed E-state index contributed by atoms with van der Waals surface area (Å²) < 4.78 is 0. The van der Waals surface area contributed by atoms with Crippen molar-refractivity contribution in [2.75, 3.05) is 0 Å². The van der Waals surface area contributed by atoms with E-state index in [1.165, 1.54) is 89.9 Å². The topological polar surface area (TPSA) is 20.3 Å². The Morgan fingerprint density at radius 2 is 1.17 bits per heavy atom. The molecule has 132 valence electrons. The lowest BCUT2D eigenvalue weighted by molar-refractivity contribution is -0.134. The van der Waals surface area contributed by atoms with Crippen LogP contribution in [-0.4, -0.2) is 22.9 Å². The summed E-state index contributed by atoms with van der Waals surface area (Å²) in [5.41, 5.74) is 0. The van der Waals surface area contributed by atoms with E-state index in [4.69, 9.17) is 0 Å². The third-order valence-electron chi connectivity index (χ3n) is 6.92. The molecule has 0 N–H and O–H groups in total. The molecule has 1 amide bonds. The number of fused-ring (bicyclic) bond motifs is 1. The van der Waals surface area contributed by atoms with Crippen LogP contribution in [0.5, 0.6) is 0 Å². The van der Waals surface area contributed by atoms with E-state index in [0.717, 1.165) is 6.42 Å². The van der Waals surface area contributed by atoms with Gasteiger partial charge in [0.15, 0.2) is 0 Å². The smallest absolute Gasteiger partial charge is 0.226 e. The van der Waals surface area contributed by atoms with E-state index in [1.807, 2.05) is 0 Å². The van der Waals surface area contributed by atoms with Crippen molar-refractivity contribution in [2.45, 2.75) is 115 Å². The van der Waals surface area contributed by atoms with Crippen LogP contribution in [0.2, 0.25) is 0 Å². The molecule has 1 saturated heterocycles. The van der Waals surface area contributed by atoms with Gasteiger partial charge in [0.2, 0.25) is 5.91 Å². The van der Waals surface area contributed by atoms with Gasteiger partial charge in [-0.05, 0) is 38.5 Å². The molecule has 2 aliphatic carbocycles. The van der Waals surface area contributed by atoms with E-state index >= 15 is 0 Å². The number of nitrogens with zero attached hydrogens (tertiary/aromatic N) is 1. The summed E-state index contributed by atoms with van der Waals surface area (Å²) >= 11 is 0. The summed E-state index contributed by atoms with van der Waals surface area (Å²) in [6, 6.07) is 1.05. The summed E-state index contributed by atoms with van der Waals surface area (Å²) in [5.74, 6) is 1.54. The Bertz CT molecular complexity index is 372. The highest BCUT2D eigenvalue weighted by molar-refractivity contribution is 5.82. The number of likely N-dealkylation sites (tertiary alicyclic amines) is 1. The molecule has 0 radical (unpaired) electrons. The molecule has 1 heterocycles. The number of hydrogen-bond acceptors (Lipinski definition) is 1. The number of rotatable bonds is 1. The molecular formula is C21H37NO. The average Bonchev–Trinajstić information content (AvgIpc) is 2.75. The molecule has 2 nitrogen and oxygen atoms in total. The number of hydrogen-bond donors (Lipinski definition) is 0. The Kier molecular flexibility index (Phi) is 6.42. The van der Waals surface area contributed by atoms with Crippen molar-refractivity contribution >= 4 is 5.91 Å². The van der Waals surface area contributed by atoms with E-state index in [-0.39, 0.29) is 0 Å². The standard InChI is InChI=1S/C21H37NO/c1-17-19-15-11-7-2-3-8-12-16-20(19)21(23)22(17)18-13-9-5-4-6-10-14-18/h17-20H,2-16H2,1H3. The van der Waals surface area contributed by atoms with Crippen LogP contribution in [0, 0.1) is 11.8 Å². The lowest BCUT2D eigenvalue weighted by Gasteiger charge is -2.34. The predicted octanol–water partition coefficient (Wildman–Crippen LogP) is 5.70. The van der Waals surface area contributed by atoms with Crippen molar-refractivity contribution in [3.05, 3.63) is 0 Å². The zero-order chi connectivity index (χ0) is 16.1. The van der Waals surface area contributed by atoms with Gasteiger partial charge in [0, 0.05) is 18.0 Å². The van der Waals surface area contributed by atoms with Crippen LogP contribution in [0.25, 0.3) is 0 Å². The van der Waals surface area contributed by atoms with Crippen molar-refractivity contribution in [3.63, 3.8) is 0 Å². The second kappa shape index (κ2) is 8.53. The maximum Gasteiger partial charge on any atom is 0.226 e. The second-order valence-electron chi connectivity index (χ2n) is 8.45. The fraction of sp³-hybridized carbons (Fsp3) is 0.952. The van der Waals surface area contributed by atoms with Crippen molar-refractivity contribution in [1.82, 2.24) is 4.90 Å². The average molecular weight is 320 g/mol. The number of amides is 1. The summed E-state index contributed by atoms with van der Waals surface area (Å²) in [6.07, 6.45) is 19.9. The first kappa shape index (κ1) is 17.3. The first-order valence-corrected chi connectivity index (χ1v) is 10.6. The van der Waals surface area contributed by atoms with Crippen LogP contribution in [0.1, 0.15) is 103 Å². The monoisotopic (exact) mass is 319 g/mol. The molecule has 1 aliphatic heterocycles. The van der Waals surface area contributed by atoms with E-state index in [2.05, 4.69) is 11.8 Å². The van der Waals surface area contributed by atoms with Gasteiger partial charge in [0.1, 0.15) is 0 Å². The Morgan fingerprint density at radius 3 is 1.78 bits per heavy atom. The van der Waals surface area contributed by atoms with Crippen molar-refractivity contribution in [1.29, 1.82) is 0 Å². The van der Waals surface area contributed by atoms with Crippen molar-refractivity contribution in [3.8, 4) is 0 Å². The van der Waals surface area contributed by atoms with Gasteiger partial charge < -0.3 is 4.90 Å². The quantitative estimate of drug-likeness (QED) is 0.607. The molecule has 3 unspecified atom stereocenters. The van der Waals surface area contributed by atoms with Gasteiger partial charge in [-0.25, -0.2) is 0 Å². The highest BCUT2D eigenvalue weighted by Gasteiger charge is 2.46. The molecular weight excluding hydrogens is 282 g/mol. The van der Waals surface area contributed by atoms with E-state index in [1.54, 1.807) is 0 Å². The molecule has 2 saturated carbocycles. The SMILES string of the molecule is CC1C2CCCCCCCCC2C(=O)N1C1CCCCCCC1. The van der Waals surface area contributed by atoms with Gasteiger partial charge in [0.25, 0.3) is 0 Å². The van der Waals surface area contributed by atoms with Crippen LogP contribution in [0.3, 0.4) is 0 Å². The Hall–Kier alpha value is -0.530. The van der Waals surface area contributed by atoms with E-state index in [0.29, 0.717) is 29.8 Å². The summed E-state index contributed by atoms with van der Waals surface area (Å²) in [6.45, 7) is 2.37. The minimum Gasteiger partial charge on any atom is -0.336 e. The highest BCUT2D eigenvalue weighted by atomic mass is 16.2. The first-order valence-electron chi connectivity index (χ1n) is 10.6. The van der Waals surface area contributed by atoms with Gasteiger partial charge in [-0.1, -0.05) is 70.6 Å². The molecule has 3 rings (SSSR count). The molecule has 0 aromatic carbocycles. The zero-order valence-electron chi connectivity index (χ0n) is 15.3. The minimum atomic E-state index is 0.355. The third-order valence-corrected chi connectivity index (χ3v) is 6.92. The Balaban J connectivity index is 1.71. The summed E-state index contributed by atoms with van der Waals surface area (Å²) in [5, 5.41) is 0. The zero-order valence-corrected chi connectivity index (χ0v) is 15.3. The molecule has 0 aromatic heterocycles. The maximum absolute atomic E-state index is 13.2. The summed E-state index contributed by atoms with van der Waals surface area (Å²) in [7, 11) is 0. The van der Waals surface area contributed by atoms with E-state index < -0.39 is 0 Å². The van der Waals surface area contributed by atoms with Crippen LogP contribution in [0.4, 0.5) is 0 Å². The Labute approximate surface area is 143 Å². The maximum atomic E-state index is 13.2. The fourth-order valence-electron chi connectivity index (χ4n) is 5.57. The lowest BCUT2D eigenvalue weighted by atomic mass is 9.82. The third kappa shape index (κ3) is 4.12. The minimum absolute atomic E-state index is 0.355. The fourth-order valence-corrected chi connectivity index (χ4v) is 5.57. The molecule has 23 heavy (non-hydrogen) atoms. The normalized spacial score (nSPS) is 35.4. The second-order valence-corrected chi connectivity index (χ2v) is 8.45. The van der Waals surface area contributed by atoms with Gasteiger partial charge in [0.05, 0.1) is 0 Å². The van der Waals surface area contributed by atoms with Gasteiger partial charge in [-0.2, -0.15) is 0 Å². The Morgan fingerprint density at radius 1 is 0.696 bits per heavy atom. The molecule has 3 aliphatic rings. The number of carbonyl (C=O) groups is 1. The largest absolute Gasteiger partial charge is 0.336 e. The van der Waals surface area contributed by atoms with Crippen LogP contribution >= 0.6 is 0 Å². The molecule has 2 heteroatoms. The number of carbonyl (C=O) groups excluding carboxylic acids is 1. The summed E-state index contributed by atoms with van der Waals surface area (Å²) in [4.78, 5) is 15.6. The molecule has 3 fully saturated rings. The van der Waals surface area contributed by atoms with Crippen LogP contribution in [-0.2, 0) is 4.79 Å². The van der Waals surface area contributed by atoms with Crippen LogP contribution in [0.15, 0.2) is 0 Å². The lowest BCUT2D eigenvalue weighted by Crippen LogP contribution is -2.42. The van der Waals surface area contributed by atoms with Crippen LogP contribution < -0.4 is 0 Å². The van der Waals surface area contributed by atoms with Crippen molar-refractivity contribution in [2.24, 2.45) is 11.8 Å². The van der Waals surface area contributed by atoms with Crippen molar-refractivity contribution < 1.29 is 4.79 Å². The van der Waals surface area contributed by atoms with Gasteiger partial charge in [-0.3, -0.25) is 4.79 Å². The predicted molar refractivity (Wildman–Crippen MR) is 96.3 cm³/mol. The molecule has 0 aromatic rings. The molecule has 0 spiro atoms. The van der Waals surface area contributed by atoms with Gasteiger partial charge in [-0.15, -0.1) is 0 Å². The molecule has 0 bridgehead atoms. The van der Waals surface area contributed by atoms with E-state index in [9.17, 15) is 4.79 Å². The van der Waals surface area contributed by atoms with Gasteiger partial charge >= 0.3 is 0 Å². The highest BCUT2D eigenvalue weighted by Crippen LogP contribution is 2.41. The first-order chi connectivity index (χ1) is 11.3.